The number of hydrogen-bond donors (Lipinski definition) is 1. The highest BCUT2D eigenvalue weighted by Crippen LogP contribution is 2.43. The standard InChI is InChI=1S/C28H27NO4/c1-5-33-21-14-12-20(13-15-21)29-25(22-9-7-6-8-18(22)3)24(27(31)28(29)32)26(30)23-16-17(2)10-11-19(23)4/h6-16,25,30H,5H2,1-4H3/b26-24+. The Bertz CT molecular complexity index is 1260. The van der Waals surface area contributed by atoms with Crippen molar-refractivity contribution in [3.63, 3.8) is 0 Å². The summed E-state index contributed by atoms with van der Waals surface area (Å²) in [6.07, 6.45) is 0. The summed E-state index contributed by atoms with van der Waals surface area (Å²) in [5.74, 6) is -0.841. The van der Waals surface area contributed by atoms with Gasteiger partial charge in [-0.3, -0.25) is 14.5 Å². The summed E-state index contributed by atoms with van der Waals surface area (Å²) < 4.78 is 5.52. The highest BCUT2D eigenvalue weighted by molar-refractivity contribution is 6.51. The minimum atomic E-state index is -0.746. The molecule has 1 atom stereocenters. The molecule has 4 rings (SSSR count). The lowest BCUT2D eigenvalue weighted by molar-refractivity contribution is -0.132. The lowest BCUT2D eigenvalue weighted by Crippen LogP contribution is -2.29. The number of carbonyl (C=O) groups excluding carboxylic acids is 2. The normalized spacial score (nSPS) is 17.5. The van der Waals surface area contributed by atoms with Gasteiger partial charge in [-0.1, -0.05) is 42.0 Å². The van der Waals surface area contributed by atoms with Crippen molar-refractivity contribution in [1.29, 1.82) is 0 Å². The molecule has 0 aliphatic carbocycles. The van der Waals surface area contributed by atoms with Crippen LogP contribution in [-0.2, 0) is 9.59 Å². The molecule has 33 heavy (non-hydrogen) atoms. The fraction of sp³-hybridized carbons (Fsp3) is 0.214. The van der Waals surface area contributed by atoms with Crippen LogP contribution in [0.5, 0.6) is 5.75 Å². The van der Waals surface area contributed by atoms with Crippen LogP contribution in [0.2, 0.25) is 0 Å². The lowest BCUT2D eigenvalue weighted by atomic mass is 9.91. The third-order valence-corrected chi connectivity index (χ3v) is 6.00. The molecule has 0 saturated carbocycles. The zero-order valence-corrected chi connectivity index (χ0v) is 19.3. The molecule has 1 saturated heterocycles. The van der Waals surface area contributed by atoms with Crippen LogP contribution in [0.3, 0.4) is 0 Å². The second-order valence-corrected chi connectivity index (χ2v) is 8.27. The Morgan fingerprint density at radius 1 is 0.939 bits per heavy atom. The van der Waals surface area contributed by atoms with E-state index in [0.717, 1.165) is 22.3 Å². The number of aliphatic hydroxyl groups is 1. The number of hydrogen-bond acceptors (Lipinski definition) is 4. The van der Waals surface area contributed by atoms with E-state index < -0.39 is 17.7 Å². The van der Waals surface area contributed by atoms with E-state index in [9.17, 15) is 14.7 Å². The summed E-state index contributed by atoms with van der Waals surface area (Å²) >= 11 is 0. The number of nitrogens with zero attached hydrogens (tertiary/aromatic N) is 1. The second kappa shape index (κ2) is 8.94. The van der Waals surface area contributed by atoms with Gasteiger partial charge in [0.1, 0.15) is 11.5 Å². The van der Waals surface area contributed by atoms with E-state index in [0.29, 0.717) is 23.6 Å². The number of aliphatic hydroxyl groups excluding tert-OH is 1. The number of ether oxygens (including phenoxy) is 1. The molecule has 1 fully saturated rings. The number of amides is 1. The van der Waals surface area contributed by atoms with E-state index in [2.05, 4.69) is 0 Å². The van der Waals surface area contributed by atoms with Gasteiger partial charge in [-0.15, -0.1) is 0 Å². The van der Waals surface area contributed by atoms with Gasteiger partial charge in [-0.25, -0.2) is 0 Å². The summed E-state index contributed by atoms with van der Waals surface area (Å²) in [5, 5.41) is 11.4. The molecule has 1 amide bonds. The van der Waals surface area contributed by atoms with E-state index in [4.69, 9.17) is 4.74 Å². The van der Waals surface area contributed by atoms with Crippen molar-refractivity contribution < 1.29 is 19.4 Å². The van der Waals surface area contributed by atoms with Crippen LogP contribution >= 0.6 is 0 Å². The molecule has 3 aromatic carbocycles. The minimum absolute atomic E-state index is 0.0943. The zero-order chi connectivity index (χ0) is 23.7. The predicted molar refractivity (Wildman–Crippen MR) is 129 cm³/mol. The molecule has 1 unspecified atom stereocenters. The molecule has 1 aliphatic rings. The summed E-state index contributed by atoms with van der Waals surface area (Å²) in [6, 6.07) is 19.6. The van der Waals surface area contributed by atoms with E-state index in [-0.39, 0.29) is 11.3 Å². The SMILES string of the molecule is CCOc1ccc(N2C(=O)C(=O)/C(=C(/O)c3cc(C)ccc3C)C2c2ccccc2C)cc1. The molecule has 5 nitrogen and oxygen atoms in total. The summed E-state index contributed by atoms with van der Waals surface area (Å²) in [7, 11) is 0. The highest BCUT2D eigenvalue weighted by atomic mass is 16.5. The number of aryl methyl sites for hydroxylation is 3. The molecule has 168 valence electrons. The molecule has 0 radical (unpaired) electrons. The highest BCUT2D eigenvalue weighted by Gasteiger charge is 2.47. The van der Waals surface area contributed by atoms with Gasteiger partial charge >= 0.3 is 0 Å². The van der Waals surface area contributed by atoms with E-state index >= 15 is 0 Å². The van der Waals surface area contributed by atoms with Gasteiger partial charge in [-0.2, -0.15) is 0 Å². The van der Waals surface area contributed by atoms with Gasteiger partial charge in [0.15, 0.2) is 0 Å². The first-order valence-corrected chi connectivity index (χ1v) is 11.0. The monoisotopic (exact) mass is 441 g/mol. The average Bonchev–Trinajstić information content (AvgIpc) is 3.06. The van der Waals surface area contributed by atoms with Crippen LogP contribution in [0, 0.1) is 20.8 Å². The predicted octanol–water partition coefficient (Wildman–Crippen LogP) is 5.64. The van der Waals surface area contributed by atoms with Gasteiger partial charge in [0.25, 0.3) is 11.7 Å². The fourth-order valence-corrected chi connectivity index (χ4v) is 4.29. The number of benzene rings is 3. The van der Waals surface area contributed by atoms with Crippen molar-refractivity contribution in [3.8, 4) is 5.75 Å². The summed E-state index contributed by atoms with van der Waals surface area (Å²) in [6.45, 7) is 8.17. The smallest absolute Gasteiger partial charge is 0.300 e. The molecule has 0 spiro atoms. The number of ketones is 1. The Hall–Kier alpha value is -3.86. The van der Waals surface area contributed by atoms with Crippen LogP contribution < -0.4 is 9.64 Å². The molecular formula is C28H27NO4. The molecule has 5 heteroatoms. The number of Topliss-reactive ketones (excluding diaryl/α,β-unsaturated/α-hetero) is 1. The van der Waals surface area contributed by atoms with Crippen LogP contribution in [0.1, 0.15) is 40.8 Å². The van der Waals surface area contributed by atoms with Gasteiger partial charge < -0.3 is 9.84 Å². The zero-order valence-electron chi connectivity index (χ0n) is 19.3. The van der Waals surface area contributed by atoms with Crippen molar-refractivity contribution in [2.75, 3.05) is 11.5 Å². The molecule has 1 aliphatic heterocycles. The topological polar surface area (TPSA) is 66.8 Å². The first kappa shape index (κ1) is 22.3. The maximum atomic E-state index is 13.3. The Morgan fingerprint density at radius 2 is 1.64 bits per heavy atom. The van der Waals surface area contributed by atoms with Gasteiger partial charge in [-0.05, 0) is 74.7 Å². The third kappa shape index (κ3) is 4.02. The first-order valence-electron chi connectivity index (χ1n) is 11.0. The second-order valence-electron chi connectivity index (χ2n) is 8.27. The lowest BCUT2D eigenvalue weighted by Gasteiger charge is -2.27. The van der Waals surface area contributed by atoms with Crippen molar-refractivity contribution in [2.24, 2.45) is 0 Å². The fourth-order valence-electron chi connectivity index (χ4n) is 4.29. The molecule has 0 bridgehead atoms. The van der Waals surface area contributed by atoms with Crippen molar-refractivity contribution >= 4 is 23.1 Å². The summed E-state index contributed by atoms with van der Waals surface area (Å²) in [5.41, 5.74) is 4.71. The average molecular weight is 442 g/mol. The Labute approximate surface area is 193 Å². The van der Waals surface area contributed by atoms with E-state index in [1.54, 1.807) is 24.3 Å². The van der Waals surface area contributed by atoms with Crippen LogP contribution in [0.4, 0.5) is 5.69 Å². The van der Waals surface area contributed by atoms with Crippen LogP contribution in [0.15, 0.2) is 72.3 Å². The maximum absolute atomic E-state index is 13.3. The van der Waals surface area contributed by atoms with Crippen molar-refractivity contribution in [3.05, 3.63) is 100 Å². The minimum Gasteiger partial charge on any atom is -0.507 e. The number of anilines is 1. The largest absolute Gasteiger partial charge is 0.507 e. The molecule has 1 heterocycles. The maximum Gasteiger partial charge on any atom is 0.300 e. The third-order valence-electron chi connectivity index (χ3n) is 6.00. The van der Waals surface area contributed by atoms with Crippen LogP contribution in [0.25, 0.3) is 5.76 Å². The number of carbonyl (C=O) groups is 2. The van der Waals surface area contributed by atoms with Crippen molar-refractivity contribution in [2.45, 2.75) is 33.7 Å². The molecule has 3 aromatic rings. The van der Waals surface area contributed by atoms with Crippen molar-refractivity contribution in [1.82, 2.24) is 0 Å². The quantitative estimate of drug-likeness (QED) is 0.316. The van der Waals surface area contributed by atoms with Gasteiger partial charge in [0, 0.05) is 11.3 Å². The molecule has 1 N–H and O–H groups in total. The Kier molecular flexibility index (Phi) is 6.05. The summed E-state index contributed by atoms with van der Waals surface area (Å²) in [4.78, 5) is 28.1. The Balaban J connectivity index is 1.95. The van der Waals surface area contributed by atoms with Gasteiger partial charge in [0.2, 0.25) is 0 Å². The molecular weight excluding hydrogens is 414 g/mol. The first-order chi connectivity index (χ1) is 15.8. The van der Waals surface area contributed by atoms with E-state index in [1.165, 1.54) is 4.90 Å². The Morgan fingerprint density at radius 3 is 2.30 bits per heavy atom. The van der Waals surface area contributed by atoms with Crippen LogP contribution in [-0.4, -0.2) is 23.4 Å². The van der Waals surface area contributed by atoms with E-state index in [1.807, 2.05) is 70.2 Å². The van der Waals surface area contributed by atoms with Gasteiger partial charge in [0.05, 0.1) is 18.2 Å². The number of rotatable bonds is 5. The molecule has 0 aromatic heterocycles.